The van der Waals surface area contributed by atoms with Crippen LogP contribution in [0.15, 0.2) is 18.2 Å². The Morgan fingerprint density at radius 1 is 1.17 bits per heavy atom. The number of ether oxygens (including phenoxy) is 2. The van der Waals surface area contributed by atoms with Gasteiger partial charge in [-0.3, -0.25) is 0 Å². The normalized spacial score (nSPS) is 18.4. The maximum atomic E-state index is 14.7. The number of alkyl halides is 1. The third kappa shape index (κ3) is 2.58. The Labute approximate surface area is 107 Å². The van der Waals surface area contributed by atoms with Crippen molar-refractivity contribution in [2.45, 2.75) is 19.0 Å². The second kappa shape index (κ2) is 6.05. The van der Waals surface area contributed by atoms with E-state index in [0.717, 1.165) is 25.9 Å². The van der Waals surface area contributed by atoms with Crippen LogP contribution in [0, 0.1) is 5.92 Å². The second-order valence-corrected chi connectivity index (χ2v) is 4.57. The summed E-state index contributed by atoms with van der Waals surface area (Å²) in [4.78, 5) is 0. The number of hydrogen-bond acceptors (Lipinski definition) is 3. The third-order valence-corrected chi connectivity index (χ3v) is 3.54. The van der Waals surface area contributed by atoms with Gasteiger partial charge in [0.25, 0.3) is 0 Å². The highest BCUT2D eigenvalue weighted by atomic mass is 19.1. The minimum Gasteiger partial charge on any atom is -0.496 e. The predicted molar refractivity (Wildman–Crippen MR) is 69.0 cm³/mol. The summed E-state index contributed by atoms with van der Waals surface area (Å²) in [6.45, 7) is 1.76. The van der Waals surface area contributed by atoms with Crippen molar-refractivity contribution in [2.24, 2.45) is 5.92 Å². The zero-order valence-corrected chi connectivity index (χ0v) is 10.9. The lowest BCUT2D eigenvalue weighted by Gasteiger charge is -2.27. The molecule has 2 rings (SSSR count). The fourth-order valence-electron chi connectivity index (χ4n) is 2.52. The molecule has 0 radical (unpaired) electrons. The van der Waals surface area contributed by atoms with Crippen LogP contribution in [0.2, 0.25) is 0 Å². The highest BCUT2D eigenvalue weighted by Crippen LogP contribution is 2.42. The molecule has 0 spiro atoms. The highest BCUT2D eigenvalue weighted by Gasteiger charge is 2.29. The molecule has 100 valence electrons. The van der Waals surface area contributed by atoms with E-state index in [0.29, 0.717) is 17.1 Å². The Hall–Kier alpha value is -1.29. The Balaban J connectivity index is 2.29. The monoisotopic (exact) mass is 253 g/mol. The number of rotatable bonds is 4. The SMILES string of the molecule is COc1cccc(OC)c1C(F)C1CCNCC1. The van der Waals surface area contributed by atoms with Crippen LogP contribution in [-0.2, 0) is 0 Å². The van der Waals surface area contributed by atoms with Gasteiger partial charge in [-0.1, -0.05) is 6.07 Å². The average Bonchev–Trinajstić information content (AvgIpc) is 2.46. The first-order valence-electron chi connectivity index (χ1n) is 6.33. The molecule has 18 heavy (non-hydrogen) atoms. The van der Waals surface area contributed by atoms with Gasteiger partial charge in [0.05, 0.1) is 19.8 Å². The summed E-state index contributed by atoms with van der Waals surface area (Å²) in [6.07, 6.45) is 0.670. The van der Waals surface area contributed by atoms with Crippen molar-refractivity contribution in [2.75, 3.05) is 27.3 Å². The van der Waals surface area contributed by atoms with Crippen molar-refractivity contribution in [1.29, 1.82) is 0 Å². The zero-order chi connectivity index (χ0) is 13.0. The van der Waals surface area contributed by atoms with Crippen LogP contribution in [0.25, 0.3) is 0 Å². The van der Waals surface area contributed by atoms with Crippen LogP contribution in [0.3, 0.4) is 0 Å². The van der Waals surface area contributed by atoms with Crippen molar-refractivity contribution in [3.05, 3.63) is 23.8 Å². The van der Waals surface area contributed by atoms with E-state index in [1.807, 2.05) is 6.07 Å². The molecule has 1 unspecified atom stereocenters. The molecule has 0 amide bonds. The van der Waals surface area contributed by atoms with E-state index in [2.05, 4.69) is 5.32 Å². The quantitative estimate of drug-likeness (QED) is 0.895. The minimum atomic E-state index is -1.03. The smallest absolute Gasteiger partial charge is 0.135 e. The molecular formula is C14H20FNO2. The van der Waals surface area contributed by atoms with Gasteiger partial charge in [-0.25, -0.2) is 4.39 Å². The first kappa shape index (κ1) is 13.1. The Morgan fingerprint density at radius 3 is 2.22 bits per heavy atom. The summed E-state index contributed by atoms with van der Waals surface area (Å²) in [5.74, 6) is 1.18. The second-order valence-electron chi connectivity index (χ2n) is 4.57. The van der Waals surface area contributed by atoms with Crippen molar-refractivity contribution in [3.8, 4) is 11.5 Å². The van der Waals surface area contributed by atoms with E-state index < -0.39 is 6.17 Å². The molecule has 4 heteroatoms. The summed E-state index contributed by atoms with van der Waals surface area (Å²) in [6, 6.07) is 5.38. The van der Waals surface area contributed by atoms with Gasteiger partial charge in [-0.15, -0.1) is 0 Å². The van der Waals surface area contributed by atoms with Crippen molar-refractivity contribution >= 4 is 0 Å². The Morgan fingerprint density at radius 2 is 1.72 bits per heavy atom. The molecule has 1 atom stereocenters. The van der Waals surface area contributed by atoms with Gasteiger partial charge < -0.3 is 14.8 Å². The largest absolute Gasteiger partial charge is 0.496 e. The van der Waals surface area contributed by atoms with Gasteiger partial charge in [0, 0.05) is 0 Å². The van der Waals surface area contributed by atoms with Crippen LogP contribution >= 0.6 is 0 Å². The molecule has 1 fully saturated rings. The Kier molecular flexibility index (Phi) is 4.42. The first-order chi connectivity index (χ1) is 8.77. The van der Waals surface area contributed by atoms with Crippen molar-refractivity contribution in [1.82, 2.24) is 5.32 Å². The van der Waals surface area contributed by atoms with E-state index >= 15 is 0 Å². The van der Waals surface area contributed by atoms with Crippen LogP contribution < -0.4 is 14.8 Å². The Bertz CT molecular complexity index is 369. The van der Waals surface area contributed by atoms with E-state index in [1.165, 1.54) is 0 Å². The van der Waals surface area contributed by atoms with Gasteiger partial charge in [-0.2, -0.15) is 0 Å². The molecule has 0 aliphatic carbocycles. The number of halogens is 1. The van der Waals surface area contributed by atoms with Crippen LogP contribution in [0.1, 0.15) is 24.6 Å². The molecule has 0 bridgehead atoms. The van der Waals surface area contributed by atoms with E-state index in [1.54, 1.807) is 26.4 Å². The molecule has 1 aromatic carbocycles. The maximum absolute atomic E-state index is 14.7. The minimum absolute atomic E-state index is 0.0384. The fourth-order valence-corrected chi connectivity index (χ4v) is 2.52. The summed E-state index contributed by atoms with van der Waals surface area (Å²) in [5, 5.41) is 3.25. The van der Waals surface area contributed by atoms with Crippen molar-refractivity contribution < 1.29 is 13.9 Å². The van der Waals surface area contributed by atoms with Gasteiger partial charge in [0.2, 0.25) is 0 Å². The lowest BCUT2D eigenvalue weighted by atomic mass is 9.88. The number of benzene rings is 1. The van der Waals surface area contributed by atoms with Gasteiger partial charge in [-0.05, 0) is 44.0 Å². The van der Waals surface area contributed by atoms with Crippen molar-refractivity contribution in [3.63, 3.8) is 0 Å². The number of hydrogen-bond donors (Lipinski definition) is 1. The van der Waals surface area contributed by atoms with Crippen LogP contribution in [-0.4, -0.2) is 27.3 Å². The molecule has 1 aromatic rings. The number of methoxy groups -OCH3 is 2. The van der Waals surface area contributed by atoms with Gasteiger partial charge in [0.15, 0.2) is 0 Å². The fraction of sp³-hybridized carbons (Fsp3) is 0.571. The molecular weight excluding hydrogens is 233 g/mol. The van der Waals surface area contributed by atoms with Crippen LogP contribution in [0.5, 0.6) is 11.5 Å². The summed E-state index contributed by atoms with van der Waals surface area (Å²) in [7, 11) is 3.13. The lowest BCUT2D eigenvalue weighted by Crippen LogP contribution is -2.30. The molecule has 3 nitrogen and oxygen atoms in total. The molecule has 1 heterocycles. The molecule has 1 aliphatic heterocycles. The highest BCUT2D eigenvalue weighted by molar-refractivity contribution is 5.46. The third-order valence-electron chi connectivity index (χ3n) is 3.54. The molecule has 0 aromatic heterocycles. The first-order valence-corrected chi connectivity index (χ1v) is 6.33. The molecule has 1 aliphatic rings. The summed E-state index contributed by atoms with van der Waals surface area (Å²) < 4.78 is 25.3. The maximum Gasteiger partial charge on any atom is 0.135 e. The summed E-state index contributed by atoms with van der Waals surface area (Å²) >= 11 is 0. The zero-order valence-electron chi connectivity index (χ0n) is 10.9. The average molecular weight is 253 g/mol. The number of piperidine rings is 1. The van der Waals surface area contributed by atoms with Gasteiger partial charge >= 0.3 is 0 Å². The molecule has 1 N–H and O–H groups in total. The molecule has 0 saturated carbocycles. The lowest BCUT2D eigenvalue weighted by molar-refractivity contribution is 0.181. The topological polar surface area (TPSA) is 30.5 Å². The molecule has 1 saturated heterocycles. The number of nitrogens with one attached hydrogen (secondary N) is 1. The van der Waals surface area contributed by atoms with E-state index in [9.17, 15) is 4.39 Å². The van der Waals surface area contributed by atoms with Crippen LogP contribution in [0.4, 0.5) is 4.39 Å². The predicted octanol–water partition coefficient (Wildman–Crippen LogP) is 2.71. The van der Waals surface area contributed by atoms with Gasteiger partial charge in [0.1, 0.15) is 17.7 Å². The summed E-state index contributed by atoms with van der Waals surface area (Å²) in [5.41, 5.74) is 0.550. The van der Waals surface area contributed by atoms with E-state index in [4.69, 9.17) is 9.47 Å². The standard InChI is InChI=1S/C14H20FNO2/c1-17-11-4-3-5-12(18-2)13(11)14(15)10-6-8-16-9-7-10/h3-5,10,14,16H,6-9H2,1-2H3. The van der Waals surface area contributed by atoms with E-state index in [-0.39, 0.29) is 5.92 Å².